The number of nitrogens with zero attached hydrogens (tertiary/aromatic N) is 5. The van der Waals surface area contributed by atoms with Crippen molar-refractivity contribution < 1.29 is 22.8 Å². The minimum Gasteiger partial charge on any atom is -0.382 e. The Hall–Kier alpha value is -3.37. The molecule has 3 heterocycles. The number of hydrogen-bond donors (Lipinski definition) is 1. The maximum atomic E-state index is 13.8. The lowest BCUT2D eigenvalue weighted by molar-refractivity contribution is -0.150. The number of alkyl halides is 3. The first-order valence-corrected chi connectivity index (χ1v) is 10.5. The number of anilines is 2. The number of carbonyl (C=O) groups is 2. The lowest BCUT2D eigenvalue weighted by Crippen LogP contribution is -2.85. The van der Waals surface area contributed by atoms with Gasteiger partial charge in [0, 0.05) is 18.2 Å². The van der Waals surface area contributed by atoms with Gasteiger partial charge in [0.2, 0.25) is 5.91 Å². The van der Waals surface area contributed by atoms with Gasteiger partial charge in [-0.2, -0.15) is 18.3 Å². The van der Waals surface area contributed by atoms with Gasteiger partial charge < -0.3 is 15.5 Å². The van der Waals surface area contributed by atoms with E-state index in [1.165, 1.54) is 45.0 Å². The van der Waals surface area contributed by atoms with Gasteiger partial charge in [0.1, 0.15) is 17.4 Å². The van der Waals surface area contributed by atoms with Crippen molar-refractivity contribution in [2.75, 3.05) is 10.6 Å². The molecule has 2 N–H and O–H groups in total. The molecule has 3 aromatic rings. The first-order valence-electron chi connectivity index (χ1n) is 10.5. The molecule has 4 rings (SSSR count). The summed E-state index contributed by atoms with van der Waals surface area (Å²) < 4.78 is 42.3. The zero-order chi connectivity index (χ0) is 27.0. The predicted molar refractivity (Wildman–Crippen MR) is 130 cm³/mol. The van der Waals surface area contributed by atoms with Gasteiger partial charge in [0.25, 0.3) is 5.91 Å². The third-order valence-electron chi connectivity index (χ3n) is 6.27. The van der Waals surface area contributed by atoms with E-state index in [4.69, 9.17) is 37.1 Å². The average Bonchev–Trinajstić information content (AvgIpc) is 3.14. The second kappa shape index (κ2) is 7.81. The van der Waals surface area contributed by atoms with Crippen molar-refractivity contribution in [3.63, 3.8) is 0 Å². The van der Waals surface area contributed by atoms with Gasteiger partial charge >= 0.3 is 6.18 Å². The fraction of sp³-hybridized carbons (Fsp3) is 0.333. The SMILES string of the molecule is [B]C1([B])N(c2cccc(-c3cc(C(F)(F)F)c4c(N)ncnn34)c2)C(=O)C(C)(C)N(C(C)=O)C1([B])[B]. The molecule has 8 radical (unpaired) electrons. The van der Waals surface area contributed by atoms with E-state index in [1.54, 1.807) is 0 Å². The molecule has 36 heavy (non-hydrogen) atoms. The molecule has 1 aromatic carbocycles. The largest absolute Gasteiger partial charge is 0.418 e. The molecule has 0 saturated carbocycles. The molecule has 0 aliphatic carbocycles. The zero-order valence-corrected chi connectivity index (χ0v) is 19.5. The normalized spacial score (nSPS) is 19.0. The summed E-state index contributed by atoms with van der Waals surface area (Å²) in [5.41, 5.74) is 2.99. The fourth-order valence-corrected chi connectivity index (χ4v) is 4.64. The summed E-state index contributed by atoms with van der Waals surface area (Å²) in [7, 11) is 25.0. The van der Waals surface area contributed by atoms with Crippen LogP contribution in [0.4, 0.5) is 24.7 Å². The number of rotatable bonds is 2. The van der Waals surface area contributed by atoms with Crippen molar-refractivity contribution in [1.82, 2.24) is 19.5 Å². The molecule has 1 aliphatic rings. The number of piperazine rings is 1. The van der Waals surface area contributed by atoms with Crippen LogP contribution in [-0.4, -0.2) is 78.9 Å². The lowest BCUT2D eigenvalue weighted by atomic mass is 9.35. The van der Waals surface area contributed by atoms with E-state index in [-0.39, 0.29) is 22.8 Å². The summed E-state index contributed by atoms with van der Waals surface area (Å²) in [4.78, 5) is 31.4. The lowest BCUT2D eigenvalue weighted by Gasteiger charge is -2.65. The number of benzene rings is 1. The third-order valence-corrected chi connectivity index (χ3v) is 6.27. The molecule has 1 saturated heterocycles. The van der Waals surface area contributed by atoms with Gasteiger partial charge in [-0.25, -0.2) is 9.50 Å². The highest BCUT2D eigenvalue weighted by atomic mass is 19.4. The molecule has 1 aliphatic heterocycles. The summed E-state index contributed by atoms with van der Waals surface area (Å²) in [5, 5.41) is -0.608. The van der Waals surface area contributed by atoms with E-state index < -0.39 is 45.3 Å². The number of halogens is 3. The van der Waals surface area contributed by atoms with Crippen molar-refractivity contribution in [2.24, 2.45) is 0 Å². The monoisotopic (exact) mass is 486 g/mol. The van der Waals surface area contributed by atoms with E-state index in [0.29, 0.717) is 0 Å². The second-order valence-electron chi connectivity index (χ2n) is 9.10. The van der Waals surface area contributed by atoms with Crippen molar-refractivity contribution in [2.45, 2.75) is 43.2 Å². The van der Waals surface area contributed by atoms with Gasteiger partial charge in [-0.05, 0) is 42.7 Å². The van der Waals surface area contributed by atoms with Crippen molar-refractivity contribution >= 4 is 60.2 Å². The standard InChI is InChI=1S/C21H17B4F3N6O2/c1-10(35)34-18(2,3)17(36)32(20(22,23)21(34,24)25)12-6-4-5-11(7-12)14-8-13(19(26,27)28)15-16(29)30-9-31-33(14)15/h4-9H,1-3H3,(H2,29,30,31). The summed E-state index contributed by atoms with van der Waals surface area (Å²) >= 11 is 0. The molecule has 0 unspecified atom stereocenters. The van der Waals surface area contributed by atoms with Gasteiger partial charge in [0.15, 0.2) is 5.82 Å². The molecule has 2 amide bonds. The van der Waals surface area contributed by atoms with Crippen molar-refractivity contribution in [3.8, 4) is 11.3 Å². The van der Waals surface area contributed by atoms with Gasteiger partial charge in [0.05, 0.1) is 42.6 Å². The van der Waals surface area contributed by atoms with Crippen LogP contribution < -0.4 is 10.6 Å². The Labute approximate surface area is 210 Å². The van der Waals surface area contributed by atoms with E-state index in [0.717, 1.165) is 26.7 Å². The summed E-state index contributed by atoms with van der Waals surface area (Å²) in [6.45, 7) is 4.01. The summed E-state index contributed by atoms with van der Waals surface area (Å²) in [6.07, 6.45) is -3.73. The Morgan fingerprint density at radius 2 is 1.72 bits per heavy atom. The Morgan fingerprint density at radius 1 is 1.08 bits per heavy atom. The van der Waals surface area contributed by atoms with E-state index in [1.807, 2.05) is 0 Å². The Bertz CT molecular complexity index is 1410. The number of carbonyl (C=O) groups excluding carboxylic acids is 2. The number of fused-ring (bicyclic) bond motifs is 1. The Kier molecular flexibility index (Phi) is 5.58. The zero-order valence-electron chi connectivity index (χ0n) is 19.5. The average molecular weight is 486 g/mol. The first-order chi connectivity index (χ1) is 16.4. The molecule has 0 spiro atoms. The number of amides is 2. The molecular formula is C21H17B4F3N6O2. The molecule has 1 fully saturated rings. The maximum absolute atomic E-state index is 13.8. The van der Waals surface area contributed by atoms with Crippen molar-refractivity contribution in [1.29, 1.82) is 0 Å². The molecule has 0 atom stereocenters. The summed E-state index contributed by atoms with van der Waals surface area (Å²) in [6, 6.07) is 6.67. The van der Waals surface area contributed by atoms with Gasteiger partial charge in [-0.3, -0.25) is 9.59 Å². The highest BCUT2D eigenvalue weighted by Gasteiger charge is 2.59. The highest BCUT2D eigenvalue weighted by molar-refractivity contribution is 6.58. The number of aromatic nitrogens is 3. The van der Waals surface area contributed by atoms with Crippen LogP contribution in [-0.2, 0) is 15.8 Å². The van der Waals surface area contributed by atoms with Gasteiger partial charge in [-0.15, -0.1) is 0 Å². The molecule has 0 bridgehead atoms. The van der Waals surface area contributed by atoms with E-state index in [9.17, 15) is 22.8 Å². The quantitative estimate of drug-likeness (QED) is 0.546. The number of nitrogen functional groups attached to an aromatic ring is 1. The van der Waals surface area contributed by atoms with Crippen LogP contribution in [0.15, 0.2) is 36.7 Å². The number of nitrogens with two attached hydrogens (primary N) is 1. The number of hydrogen-bond acceptors (Lipinski definition) is 5. The topological polar surface area (TPSA) is 96.8 Å². The van der Waals surface area contributed by atoms with Gasteiger partial charge in [-0.1, -0.05) is 12.1 Å². The van der Waals surface area contributed by atoms with Crippen LogP contribution >= 0.6 is 0 Å². The minimum atomic E-state index is -4.74. The smallest absolute Gasteiger partial charge is 0.382 e. The van der Waals surface area contributed by atoms with E-state index in [2.05, 4.69) is 10.1 Å². The van der Waals surface area contributed by atoms with Crippen LogP contribution in [0.3, 0.4) is 0 Å². The molecule has 8 nitrogen and oxygen atoms in total. The maximum Gasteiger partial charge on any atom is 0.418 e. The predicted octanol–water partition coefficient (Wildman–Crippen LogP) is 0.953. The Morgan fingerprint density at radius 3 is 2.31 bits per heavy atom. The summed E-state index contributed by atoms with van der Waals surface area (Å²) in [5.74, 6) is -1.71. The highest BCUT2D eigenvalue weighted by Crippen LogP contribution is 2.43. The van der Waals surface area contributed by atoms with Crippen LogP contribution in [0, 0.1) is 0 Å². The van der Waals surface area contributed by atoms with Crippen LogP contribution in [0.5, 0.6) is 0 Å². The molecule has 2 aromatic heterocycles. The molecule has 176 valence electrons. The second-order valence-corrected chi connectivity index (χ2v) is 9.10. The Balaban J connectivity index is 1.93. The third kappa shape index (κ3) is 3.50. The molecular weight excluding hydrogens is 469 g/mol. The van der Waals surface area contributed by atoms with Crippen LogP contribution in [0.25, 0.3) is 16.8 Å². The fourth-order valence-electron chi connectivity index (χ4n) is 4.64. The van der Waals surface area contributed by atoms with E-state index >= 15 is 0 Å². The van der Waals surface area contributed by atoms with Crippen LogP contribution in [0.1, 0.15) is 26.3 Å². The first kappa shape index (κ1) is 25.7. The van der Waals surface area contributed by atoms with Crippen molar-refractivity contribution in [3.05, 3.63) is 42.2 Å². The minimum absolute atomic E-state index is 0.00811. The molecule has 15 heteroatoms. The van der Waals surface area contributed by atoms with Crippen LogP contribution in [0.2, 0.25) is 0 Å².